The molecule has 8 heteroatoms. The minimum atomic E-state index is -1.42. The highest BCUT2D eigenvalue weighted by Crippen LogP contribution is 2.30. The van der Waals surface area contributed by atoms with E-state index >= 15 is 0 Å². The molecule has 2 saturated heterocycles. The summed E-state index contributed by atoms with van der Waals surface area (Å²) in [5.41, 5.74) is 0. The van der Waals surface area contributed by atoms with E-state index < -0.39 is 36.7 Å². The lowest BCUT2D eigenvalue weighted by Crippen LogP contribution is -2.35. The Kier molecular flexibility index (Phi) is 2.84. The molecule has 4 atom stereocenters. The summed E-state index contributed by atoms with van der Waals surface area (Å²) < 4.78 is 19.5. The maximum absolute atomic E-state index is 10.3. The van der Waals surface area contributed by atoms with Crippen LogP contribution in [0.25, 0.3) is 0 Å². The van der Waals surface area contributed by atoms with Crippen LogP contribution < -0.4 is 0 Å². The number of fused-ring (bicyclic) bond motifs is 1. The van der Waals surface area contributed by atoms with E-state index in [0.717, 1.165) is 0 Å². The molecule has 2 fully saturated rings. The van der Waals surface area contributed by atoms with E-state index in [-0.39, 0.29) is 13.2 Å². The third kappa shape index (κ3) is 2.02. The van der Waals surface area contributed by atoms with Crippen molar-refractivity contribution in [2.24, 2.45) is 0 Å². The van der Waals surface area contributed by atoms with E-state index in [1.807, 2.05) is 0 Å². The first-order valence-corrected chi connectivity index (χ1v) is 4.60. The number of carboxylic acid groups (broad SMARTS) is 2. The molecule has 0 aromatic carbocycles. The normalized spacial score (nSPS) is 36.8. The van der Waals surface area contributed by atoms with E-state index in [4.69, 9.17) is 19.7 Å². The van der Waals surface area contributed by atoms with Gasteiger partial charge >= 0.3 is 12.3 Å². The largest absolute Gasteiger partial charge is 0.506 e. The fraction of sp³-hybridized carbons (Fsp3) is 0.750. The molecule has 90 valence electrons. The zero-order valence-corrected chi connectivity index (χ0v) is 8.07. The van der Waals surface area contributed by atoms with Gasteiger partial charge in [-0.15, -0.1) is 0 Å². The minimum Gasteiger partial charge on any atom is -0.450 e. The molecule has 2 aliphatic heterocycles. The van der Waals surface area contributed by atoms with Gasteiger partial charge in [0.1, 0.15) is 12.2 Å². The lowest BCUT2D eigenvalue weighted by molar-refractivity contribution is -0.0305. The molecule has 2 heterocycles. The molecule has 0 spiro atoms. The standard InChI is InChI=1S/C8H10O8/c9-7(10)15-3-1-13-6-4(16-8(11)12)2-14-5(3)6/h3-6H,1-2H2,(H,9,10)(H,11,12)/t3-,4+,5-,6-/m1/s1. The van der Waals surface area contributed by atoms with E-state index in [1.54, 1.807) is 0 Å². The molecule has 8 nitrogen and oxygen atoms in total. The predicted octanol–water partition coefficient (Wildman–Crippen LogP) is -0.0896. The SMILES string of the molecule is O=C(O)O[C@H]1CO[C@H]2[C@@H]1OC[C@H]2OC(=O)O. The predicted molar refractivity (Wildman–Crippen MR) is 45.3 cm³/mol. The summed E-state index contributed by atoms with van der Waals surface area (Å²) in [5, 5.41) is 16.9. The third-order valence-electron chi connectivity index (χ3n) is 2.47. The number of carbonyl (C=O) groups is 2. The summed E-state index contributed by atoms with van der Waals surface area (Å²) in [6.07, 6.45) is -5.49. The van der Waals surface area contributed by atoms with E-state index in [9.17, 15) is 9.59 Å². The maximum atomic E-state index is 10.3. The Balaban J connectivity index is 1.95. The highest BCUT2D eigenvalue weighted by atomic mass is 16.7. The molecular formula is C8H10O8. The molecule has 0 unspecified atom stereocenters. The van der Waals surface area contributed by atoms with Crippen LogP contribution in [0.5, 0.6) is 0 Å². The first-order valence-electron chi connectivity index (χ1n) is 4.60. The topological polar surface area (TPSA) is 112 Å². The summed E-state index contributed by atoms with van der Waals surface area (Å²) in [6.45, 7) is 0.0855. The molecule has 16 heavy (non-hydrogen) atoms. The van der Waals surface area contributed by atoms with Crippen LogP contribution in [-0.2, 0) is 18.9 Å². The van der Waals surface area contributed by atoms with Gasteiger partial charge in [0.05, 0.1) is 13.2 Å². The van der Waals surface area contributed by atoms with Gasteiger partial charge in [-0.2, -0.15) is 0 Å². The second kappa shape index (κ2) is 4.14. The van der Waals surface area contributed by atoms with Crippen molar-refractivity contribution in [1.82, 2.24) is 0 Å². The van der Waals surface area contributed by atoms with Gasteiger partial charge in [-0.25, -0.2) is 9.59 Å². The Hall–Kier alpha value is -1.54. The van der Waals surface area contributed by atoms with Crippen LogP contribution in [0.1, 0.15) is 0 Å². The van der Waals surface area contributed by atoms with Crippen LogP contribution >= 0.6 is 0 Å². The molecule has 0 aromatic heterocycles. The quantitative estimate of drug-likeness (QED) is 0.637. The van der Waals surface area contributed by atoms with Crippen molar-refractivity contribution < 1.29 is 38.7 Å². The Morgan fingerprint density at radius 3 is 1.62 bits per heavy atom. The molecule has 0 amide bonds. The molecule has 0 saturated carbocycles. The molecule has 2 rings (SSSR count). The number of ether oxygens (including phenoxy) is 4. The first kappa shape index (κ1) is 11.0. The smallest absolute Gasteiger partial charge is 0.450 e. The molecule has 2 aliphatic rings. The molecule has 0 radical (unpaired) electrons. The van der Waals surface area contributed by atoms with Gasteiger partial charge in [0, 0.05) is 0 Å². The highest BCUT2D eigenvalue weighted by Gasteiger charge is 2.51. The van der Waals surface area contributed by atoms with Crippen LogP contribution in [0.3, 0.4) is 0 Å². The van der Waals surface area contributed by atoms with Crippen molar-refractivity contribution in [3.63, 3.8) is 0 Å². The van der Waals surface area contributed by atoms with Gasteiger partial charge in [0.25, 0.3) is 0 Å². The number of hydrogen-bond acceptors (Lipinski definition) is 6. The van der Waals surface area contributed by atoms with Gasteiger partial charge in [-0.1, -0.05) is 0 Å². The Bertz CT molecular complexity index is 272. The van der Waals surface area contributed by atoms with Crippen LogP contribution in [-0.4, -0.2) is 60.2 Å². The summed E-state index contributed by atoms with van der Waals surface area (Å²) in [7, 11) is 0. The Morgan fingerprint density at radius 1 is 0.938 bits per heavy atom. The molecule has 2 N–H and O–H groups in total. The Morgan fingerprint density at radius 2 is 1.31 bits per heavy atom. The van der Waals surface area contributed by atoms with Gasteiger partial charge in [0.15, 0.2) is 12.2 Å². The van der Waals surface area contributed by atoms with Gasteiger partial charge in [0.2, 0.25) is 0 Å². The highest BCUT2D eigenvalue weighted by molar-refractivity contribution is 5.57. The van der Waals surface area contributed by atoms with Crippen LogP contribution in [0.2, 0.25) is 0 Å². The van der Waals surface area contributed by atoms with Gasteiger partial charge < -0.3 is 29.2 Å². The fourth-order valence-corrected chi connectivity index (χ4v) is 1.89. The van der Waals surface area contributed by atoms with Gasteiger partial charge in [-0.05, 0) is 0 Å². The van der Waals surface area contributed by atoms with Crippen molar-refractivity contribution in [2.45, 2.75) is 24.4 Å². The molecule has 0 bridgehead atoms. The molecular weight excluding hydrogens is 224 g/mol. The summed E-state index contributed by atoms with van der Waals surface area (Å²) in [5.74, 6) is 0. The Labute approximate surface area is 89.6 Å². The zero-order valence-electron chi connectivity index (χ0n) is 8.07. The minimum absolute atomic E-state index is 0.0428. The van der Waals surface area contributed by atoms with E-state index in [2.05, 4.69) is 9.47 Å². The first-order chi connectivity index (χ1) is 7.58. The number of rotatable bonds is 2. The number of hydrogen-bond donors (Lipinski definition) is 2. The van der Waals surface area contributed by atoms with E-state index in [0.29, 0.717) is 0 Å². The average Bonchev–Trinajstić information content (AvgIpc) is 2.70. The van der Waals surface area contributed by atoms with Crippen LogP contribution in [0.4, 0.5) is 9.59 Å². The third-order valence-corrected chi connectivity index (χ3v) is 2.47. The van der Waals surface area contributed by atoms with E-state index in [1.165, 1.54) is 0 Å². The van der Waals surface area contributed by atoms with Crippen molar-refractivity contribution in [2.75, 3.05) is 13.2 Å². The van der Waals surface area contributed by atoms with Crippen molar-refractivity contribution in [1.29, 1.82) is 0 Å². The monoisotopic (exact) mass is 234 g/mol. The zero-order chi connectivity index (χ0) is 11.7. The lowest BCUT2D eigenvalue weighted by Gasteiger charge is -2.14. The fourth-order valence-electron chi connectivity index (χ4n) is 1.89. The summed E-state index contributed by atoms with van der Waals surface area (Å²) in [4.78, 5) is 20.7. The molecule has 0 aromatic rings. The van der Waals surface area contributed by atoms with Gasteiger partial charge in [-0.3, -0.25) is 0 Å². The van der Waals surface area contributed by atoms with Crippen molar-refractivity contribution in [3.8, 4) is 0 Å². The maximum Gasteiger partial charge on any atom is 0.506 e. The van der Waals surface area contributed by atoms with Crippen molar-refractivity contribution in [3.05, 3.63) is 0 Å². The second-order valence-corrected chi connectivity index (χ2v) is 3.44. The van der Waals surface area contributed by atoms with Crippen molar-refractivity contribution >= 4 is 12.3 Å². The molecule has 0 aliphatic carbocycles. The second-order valence-electron chi connectivity index (χ2n) is 3.44. The summed E-state index contributed by atoms with van der Waals surface area (Å²) in [6, 6.07) is 0. The van der Waals surface area contributed by atoms with Crippen LogP contribution in [0, 0.1) is 0 Å². The summed E-state index contributed by atoms with van der Waals surface area (Å²) >= 11 is 0. The average molecular weight is 234 g/mol. The lowest BCUT2D eigenvalue weighted by atomic mass is 10.1. The van der Waals surface area contributed by atoms with Crippen LogP contribution in [0.15, 0.2) is 0 Å².